The molecule has 4 rings (SSSR count). The number of rotatable bonds is 14. The van der Waals surface area contributed by atoms with Crippen molar-refractivity contribution < 1.29 is 14.3 Å². The molecule has 0 heterocycles. The molecule has 4 nitrogen and oxygen atoms in total. The number of aliphatic imine (C=N–C) groups is 1. The van der Waals surface area contributed by atoms with Gasteiger partial charge in [0.15, 0.2) is 6.10 Å². The van der Waals surface area contributed by atoms with Crippen LogP contribution in [0.4, 0.5) is 0 Å². The molecule has 0 N–H and O–H groups in total. The van der Waals surface area contributed by atoms with Crippen LogP contribution in [0.1, 0.15) is 73.8 Å². The third-order valence-electron chi connectivity index (χ3n) is 6.85. The number of nitrogens with zero attached hydrogens (tertiary/aromatic N) is 1. The minimum Gasteiger partial charge on any atom is -0.451 e. The Hall–Kier alpha value is -4.31. The van der Waals surface area contributed by atoms with Crippen LogP contribution in [0.2, 0.25) is 0 Å². The fraction of sp³-hybridized carbons (Fsp3) is 0.250. The van der Waals surface area contributed by atoms with E-state index in [4.69, 9.17) is 9.73 Å². The predicted octanol–water partition coefficient (Wildman–Crippen LogP) is 8.16. The van der Waals surface area contributed by atoms with Gasteiger partial charge in [0.2, 0.25) is 0 Å². The summed E-state index contributed by atoms with van der Waals surface area (Å²) in [5.41, 5.74) is 4.28. The zero-order chi connectivity index (χ0) is 28.0. The lowest BCUT2D eigenvalue weighted by Crippen LogP contribution is -2.27. The second kappa shape index (κ2) is 15.3. The van der Waals surface area contributed by atoms with Gasteiger partial charge in [0, 0.05) is 24.0 Å². The maximum absolute atomic E-state index is 13.9. The van der Waals surface area contributed by atoms with Crippen LogP contribution in [0.25, 0.3) is 0 Å². The van der Waals surface area contributed by atoms with Crippen molar-refractivity contribution in [3.05, 3.63) is 144 Å². The number of benzene rings is 4. The first-order valence-corrected chi connectivity index (χ1v) is 14.2. The second-order valence-corrected chi connectivity index (χ2v) is 9.90. The maximum Gasteiger partial charge on any atom is 0.331 e. The Bertz CT molecular complexity index is 1270. The molecule has 4 aromatic carbocycles. The lowest BCUT2D eigenvalue weighted by atomic mass is 9.99. The van der Waals surface area contributed by atoms with Crippen molar-refractivity contribution in [1.82, 2.24) is 0 Å². The number of Topliss-reactive ketones (excluding diaryl/α,β-unsaturated/α-hetero) is 1. The zero-order valence-electron chi connectivity index (χ0n) is 23.1. The molecule has 4 heteroatoms. The number of carbonyl (C=O) groups excluding carboxylic acids is 2. The fourth-order valence-corrected chi connectivity index (χ4v) is 4.67. The highest BCUT2D eigenvalue weighted by Gasteiger charge is 2.27. The quantitative estimate of drug-likeness (QED) is 0.0937. The third kappa shape index (κ3) is 8.34. The van der Waals surface area contributed by atoms with E-state index in [1.165, 1.54) is 0 Å². The molecule has 1 atom stereocenters. The Labute approximate surface area is 237 Å². The van der Waals surface area contributed by atoms with Gasteiger partial charge in [0.25, 0.3) is 0 Å². The van der Waals surface area contributed by atoms with E-state index < -0.39 is 18.1 Å². The van der Waals surface area contributed by atoms with E-state index >= 15 is 0 Å². The number of hydrogen-bond donors (Lipinski definition) is 0. The van der Waals surface area contributed by atoms with Crippen LogP contribution in [0.3, 0.4) is 0 Å². The molecule has 0 bridgehead atoms. The first kappa shape index (κ1) is 28.7. The number of esters is 1. The van der Waals surface area contributed by atoms with Gasteiger partial charge in [0.1, 0.15) is 11.8 Å². The van der Waals surface area contributed by atoms with Crippen LogP contribution in [0, 0.1) is 0 Å². The molecule has 204 valence electrons. The number of ketones is 1. The summed E-state index contributed by atoms with van der Waals surface area (Å²) in [5, 5.41) is 0. The molecule has 0 fully saturated rings. The molecule has 0 aliphatic rings. The Morgan fingerprint density at radius 3 is 1.60 bits per heavy atom. The van der Waals surface area contributed by atoms with Crippen molar-refractivity contribution in [1.29, 1.82) is 0 Å². The molecular weight excluding hydrogens is 494 g/mol. The molecule has 0 saturated heterocycles. The summed E-state index contributed by atoms with van der Waals surface area (Å²) in [6.45, 7) is 2.12. The molecule has 0 spiro atoms. The highest BCUT2D eigenvalue weighted by molar-refractivity contribution is 6.13. The normalized spacial score (nSPS) is 11.6. The van der Waals surface area contributed by atoms with E-state index in [1.807, 2.05) is 121 Å². The molecule has 0 radical (unpaired) electrons. The van der Waals surface area contributed by atoms with Gasteiger partial charge < -0.3 is 4.74 Å². The number of hydrogen-bond acceptors (Lipinski definition) is 4. The summed E-state index contributed by atoms with van der Waals surface area (Å²) < 4.78 is 6.23. The van der Waals surface area contributed by atoms with Gasteiger partial charge in [0.05, 0.1) is 5.71 Å². The molecule has 0 aliphatic carbocycles. The number of unbranched alkanes of at least 4 members (excludes halogenated alkanes) is 2. The summed E-state index contributed by atoms with van der Waals surface area (Å²) in [6.07, 6.45) is 3.48. The van der Waals surface area contributed by atoms with Crippen LogP contribution >= 0.6 is 0 Å². The van der Waals surface area contributed by atoms with Crippen molar-refractivity contribution in [2.24, 2.45) is 4.99 Å². The first-order valence-electron chi connectivity index (χ1n) is 14.2. The highest BCUT2D eigenvalue weighted by atomic mass is 16.5. The van der Waals surface area contributed by atoms with Crippen molar-refractivity contribution >= 4 is 17.5 Å². The third-order valence-corrected chi connectivity index (χ3v) is 6.85. The highest BCUT2D eigenvalue weighted by Crippen LogP contribution is 2.27. The van der Waals surface area contributed by atoms with Gasteiger partial charge in [-0.25, -0.2) is 4.79 Å². The fourth-order valence-electron chi connectivity index (χ4n) is 4.67. The minimum absolute atomic E-state index is 0.157. The lowest BCUT2D eigenvalue weighted by Gasteiger charge is -2.22. The Morgan fingerprint density at radius 1 is 0.650 bits per heavy atom. The standard InChI is InChI=1S/C36H37NO3/c1-2-3-8-25-32(38)26-27-33(37-34(28-17-9-4-10-18-28)29-19-11-5-12-20-29)36(39)40-35(30-21-13-6-14-22-30)31-23-15-7-16-24-31/h4-7,9-24,33,35H,2-3,8,25-27H2,1H3. The second-order valence-electron chi connectivity index (χ2n) is 9.90. The monoisotopic (exact) mass is 531 g/mol. The smallest absolute Gasteiger partial charge is 0.331 e. The van der Waals surface area contributed by atoms with E-state index in [2.05, 4.69) is 6.92 Å². The van der Waals surface area contributed by atoms with E-state index in [9.17, 15) is 9.59 Å². The minimum atomic E-state index is -0.833. The Balaban J connectivity index is 1.68. The molecular formula is C36H37NO3. The van der Waals surface area contributed by atoms with E-state index in [0.717, 1.165) is 41.5 Å². The number of carbonyl (C=O) groups is 2. The van der Waals surface area contributed by atoms with Crippen LogP contribution in [0.15, 0.2) is 126 Å². The molecule has 0 aromatic heterocycles. The maximum atomic E-state index is 13.9. The van der Waals surface area contributed by atoms with Gasteiger partial charge in [-0.15, -0.1) is 0 Å². The average Bonchev–Trinajstić information content (AvgIpc) is 3.01. The molecule has 0 aliphatic heterocycles. The van der Waals surface area contributed by atoms with Gasteiger partial charge in [-0.2, -0.15) is 0 Å². The average molecular weight is 532 g/mol. The van der Waals surface area contributed by atoms with Crippen LogP contribution in [-0.2, 0) is 14.3 Å². The Morgan fingerprint density at radius 2 is 1.12 bits per heavy atom. The van der Waals surface area contributed by atoms with E-state index in [-0.39, 0.29) is 12.2 Å². The van der Waals surface area contributed by atoms with Gasteiger partial charge in [-0.1, -0.05) is 141 Å². The van der Waals surface area contributed by atoms with Crippen molar-refractivity contribution in [2.75, 3.05) is 0 Å². The molecule has 40 heavy (non-hydrogen) atoms. The lowest BCUT2D eigenvalue weighted by molar-refractivity contribution is -0.149. The SMILES string of the molecule is CCCCCC(=O)CCC(N=C(c1ccccc1)c1ccccc1)C(=O)OC(c1ccccc1)c1ccccc1. The summed E-state index contributed by atoms with van der Waals surface area (Å²) in [6, 6.07) is 38.3. The van der Waals surface area contributed by atoms with Crippen molar-refractivity contribution in [3.63, 3.8) is 0 Å². The molecule has 1 unspecified atom stereocenters. The van der Waals surface area contributed by atoms with Crippen molar-refractivity contribution in [3.8, 4) is 0 Å². The summed E-state index contributed by atoms with van der Waals surface area (Å²) in [5.74, 6) is -0.284. The van der Waals surface area contributed by atoms with Crippen molar-refractivity contribution in [2.45, 2.75) is 57.6 Å². The number of ether oxygens (including phenoxy) is 1. The Kier molecular flexibility index (Phi) is 11.0. The predicted molar refractivity (Wildman–Crippen MR) is 162 cm³/mol. The summed E-state index contributed by atoms with van der Waals surface area (Å²) in [4.78, 5) is 31.7. The van der Waals surface area contributed by atoms with Gasteiger partial charge in [-0.05, 0) is 24.0 Å². The topological polar surface area (TPSA) is 55.7 Å². The largest absolute Gasteiger partial charge is 0.451 e. The molecule has 4 aromatic rings. The molecule has 0 amide bonds. The van der Waals surface area contributed by atoms with Crippen LogP contribution < -0.4 is 0 Å². The van der Waals surface area contributed by atoms with Crippen LogP contribution in [-0.4, -0.2) is 23.5 Å². The summed E-state index contributed by atoms with van der Waals surface area (Å²) in [7, 11) is 0. The van der Waals surface area contributed by atoms with Gasteiger partial charge in [-0.3, -0.25) is 9.79 Å². The summed E-state index contributed by atoms with van der Waals surface area (Å²) >= 11 is 0. The van der Waals surface area contributed by atoms with E-state index in [1.54, 1.807) is 0 Å². The van der Waals surface area contributed by atoms with Gasteiger partial charge >= 0.3 is 5.97 Å². The van der Waals surface area contributed by atoms with Crippen LogP contribution in [0.5, 0.6) is 0 Å². The van der Waals surface area contributed by atoms with E-state index in [0.29, 0.717) is 18.6 Å². The molecule has 0 saturated carbocycles. The zero-order valence-corrected chi connectivity index (χ0v) is 23.1. The first-order chi connectivity index (χ1) is 19.7.